The summed E-state index contributed by atoms with van der Waals surface area (Å²) in [6.45, 7) is 5.55. The summed E-state index contributed by atoms with van der Waals surface area (Å²) in [6.07, 6.45) is 5.52. The molecule has 0 amide bonds. The number of aromatic nitrogens is 1. The number of hydrogen-bond acceptors (Lipinski definition) is 3. The van der Waals surface area contributed by atoms with Crippen LogP contribution >= 0.6 is 0 Å². The molecule has 0 bridgehead atoms. The number of rotatable bonds is 4. The van der Waals surface area contributed by atoms with Crippen LogP contribution in [0.5, 0.6) is 0 Å². The summed E-state index contributed by atoms with van der Waals surface area (Å²) in [4.78, 5) is 6.80. The van der Waals surface area contributed by atoms with Crippen LogP contribution in [0, 0.1) is 11.8 Å². The molecule has 106 valence electrons. The van der Waals surface area contributed by atoms with E-state index in [4.69, 9.17) is 5.73 Å². The van der Waals surface area contributed by atoms with Gasteiger partial charge in [0.25, 0.3) is 0 Å². The third-order valence-corrected chi connectivity index (χ3v) is 4.56. The second-order valence-corrected chi connectivity index (χ2v) is 6.28. The van der Waals surface area contributed by atoms with Crippen molar-refractivity contribution in [2.24, 2.45) is 17.6 Å². The molecule has 3 unspecified atom stereocenters. The fraction of sp³-hybridized carbons (Fsp3) is 0.688. The number of nitrogens with zero attached hydrogens (tertiary/aromatic N) is 2. The summed E-state index contributed by atoms with van der Waals surface area (Å²) in [6, 6.07) is 6.90. The average molecular weight is 261 g/mol. The molecule has 1 fully saturated rings. The lowest BCUT2D eigenvalue weighted by Crippen LogP contribution is -2.50. The van der Waals surface area contributed by atoms with Crippen LogP contribution in [0.4, 0.5) is 0 Å². The molecule has 2 rings (SSSR count). The molecule has 1 aliphatic rings. The molecule has 0 aromatic carbocycles. The van der Waals surface area contributed by atoms with E-state index >= 15 is 0 Å². The van der Waals surface area contributed by atoms with Gasteiger partial charge in [-0.05, 0) is 50.3 Å². The van der Waals surface area contributed by atoms with Crippen LogP contribution in [0.2, 0.25) is 0 Å². The first-order valence-electron chi connectivity index (χ1n) is 7.43. The standard InChI is InChI=1S/C16H27N3/c1-12(2)13-7-8-15(17)16(10-13)19(3)11-14-6-4-5-9-18-14/h4-6,9,12-13,15-16H,7-8,10-11,17H2,1-3H3. The molecule has 0 radical (unpaired) electrons. The molecule has 1 saturated carbocycles. The minimum absolute atomic E-state index is 0.309. The maximum absolute atomic E-state index is 6.33. The highest BCUT2D eigenvalue weighted by Gasteiger charge is 2.32. The van der Waals surface area contributed by atoms with E-state index in [0.29, 0.717) is 12.1 Å². The zero-order valence-electron chi connectivity index (χ0n) is 12.4. The highest BCUT2D eigenvalue weighted by Crippen LogP contribution is 2.31. The molecule has 3 atom stereocenters. The first-order chi connectivity index (χ1) is 9.08. The quantitative estimate of drug-likeness (QED) is 0.906. The minimum Gasteiger partial charge on any atom is -0.326 e. The van der Waals surface area contributed by atoms with Crippen molar-refractivity contribution in [1.29, 1.82) is 0 Å². The van der Waals surface area contributed by atoms with Crippen molar-refractivity contribution in [2.45, 2.75) is 51.7 Å². The van der Waals surface area contributed by atoms with Crippen molar-refractivity contribution in [3.05, 3.63) is 30.1 Å². The van der Waals surface area contributed by atoms with Gasteiger partial charge in [-0.1, -0.05) is 19.9 Å². The third-order valence-electron chi connectivity index (χ3n) is 4.56. The molecule has 1 aromatic heterocycles. The van der Waals surface area contributed by atoms with Gasteiger partial charge in [0, 0.05) is 24.8 Å². The van der Waals surface area contributed by atoms with Crippen LogP contribution < -0.4 is 5.73 Å². The van der Waals surface area contributed by atoms with Gasteiger partial charge in [-0.2, -0.15) is 0 Å². The smallest absolute Gasteiger partial charge is 0.0543 e. The summed E-state index contributed by atoms with van der Waals surface area (Å²) in [5.74, 6) is 1.58. The number of hydrogen-bond donors (Lipinski definition) is 1. The Hall–Kier alpha value is -0.930. The van der Waals surface area contributed by atoms with Gasteiger partial charge < -0.3 is 5.73 Å². The SMILES string of the molecule is CC(C)C1CCC(N)C(N(C)Cc2ccccn2)C1. The highest BCUT2D eigenvalue weighted by atomic mass is 15.2. The van der Waals surface area contributed by atoms with Crippen LogP contribution in [-0.2, 0) is 6.54 Å². The summed E-state index contributed by atoms with van der Waals surface area (Å²) < 4.78 is 0. The largest absolute Gasteiger partial charge is 0.326 e. The summed E-state index contributed by atoms with van der Waals surface area (Å²) in [5, 5.41) is 0. The van der Waals surface area contributed by atoms with E-state index in [1.54, 1.807) is 0 Å². The van der Waals surface area contributed by atoms with Gasteiger partial charge in [-0.15, -0.1) is 0 Å². The maximum atomic E-state index is 6.33. The van der Waals surface area contributed by atoms with E-state index in [9.17, 15) is 0 Å². The Balaban J connectivity index is 1.98. The summed E-state index contributed by atoms with van der Waals surface area (Å²) in [5.41, 5.74) is 7.46. The normalized spacial score (nSPS) is 28.0. The van der Waals surface area contributed by atoms with Gasteiger partial charge in [0.2, 0.25) is 0 Å². The number of nitrogens with two attached hydrogens (primary N) is 1. The summed E-state index contributed by atoms with van der Waals surface area (Å²) in [7, 11) is 2.18. The van der Waals surface area contributed by atoms with E-state index in [-0.39, 0.29) is 0 Å². The van der Waals surface area contributed by atoms with Crippen molar-refractivity contribution in [3.8, 4) is 0 Å². The van der Waals surface area contributed by atoms with Gasteiger partial charge in [0.1, 0.15) is 0 Å². The van der Waals surface area contributed by atoms with Gasteiger partial charge >= 0.3 is 0 Å². The van der Waals surface area contributed by atoms with Crippen molar-refractivity contribution < 1.29 is 0 Å². The summed E-state index contributed by atoms with van der Waals surface area (Å²) >= 11 is 0. The van der Waals surface area contributed by atoms with Crippen LogP contribution in [0.3, 0.4) is 0 Å². The van der Waals surface area contributed by atoms with E-state index in [0.717, 1.165) is 30.5 Å². The molecule has 2 N–H and O–H groups in total. The number of likely N-dealkylation sites (N-methyl/N-ethyl adjacent to an activating group) is 1. The molecular weight excluding hydrogens is 234 g/mol. The molecule has 3 nitrogen and oxygen atoms in total. The van der Waals surface area contributed by atoms with Gasteiger partial charge in [0.15, 0.2) is 0 Å². The lowest BCUT2D eigenvalue weighted by Gasteiger charge is -2.40. The Bertz CT molecular complexity index is 377. The van der Waals surface area contributed by atoms with Crippen LogP contribution in [-0.4, -0.2) is 29.0 Å². The third kappa shape index (κ3) is 3.77. The molecule has 19 heavy (non-hydrogen) atoms. The van der Waals surface area contributed by atoms with Crippen molar-refractivity contribution in [3.63, 3.8) is 0 Å². The molecule has 0 spiro atoms. The molecule has 1 aliphatic carbocycles. The molecule has 3 heteroatoms. The lowest BCUT2D eigenvalue weighted by atomic mass is 9.76. The van der Waals surface area contributed by atoms with Crippen molar-refractivity contribution >= 4 is 0 Å². The molecule has 1 heterocycles. The van der Waals surface area contributed by atoms with Gasteiger partial charge in [-0.25, -0.2) is 0 Å². The van der Waals surface area contributed by atoms with Crippen LogP contribution in [0.1, 0.15) is 38.8 Å². The lowest BCUT2D eigenvalue weighted by molar-refractivity contribution is 0.112. The van der Waals surface area contributed by atoms with Crippen molar-refractivity contribution in [2.75, 3.05) is 7.05 Å². The Labute approximate surface area is 117 Å². The molecular formula is C16H27N3. The van der Waals surface area contributed by atoms with E-state index < -0.39 is 0 Å². The second-order valence-electron chi connectivity index (χ2n) is 6.28. The molecule has 0 saturated heterocycles. The topological polar surface area (TPSA) is 42.1 Å². The average Bonchev–Trinajstić information content (AvgIpc) is 2.40. The Morgan fingerprint density at radius 2 is 2.16 bits per heavy atom. The number of pyridine rings is 1. The minimum atomic E-state index is 0.309. The second kappa shape index (κ2) is 6.49. The predicted molar refractivity (Wildman–Crippen MR) is 79.6 cm³/mol. The van der Waals surface area contributed by atoms with Gasteiger partial charge in [0.05, 0.1) is 5.69 Å². The maximum Gasteiger partial charge on any atom is 0.0543 e. The Morgan fingerprint density at radius 3 is 2.79 bits per heavy atom. The highest BCUT2D eigenvalue weighted by molar-refractivity contribution is 5.04. The first-order valence-corrected chi connectivity index (χ1v) is 7.43. The van der Waals surface area contributed by atoms with Crippen LogP contribution in [0.25, 0.3) is 0 Å². The Kier molecular flexibility index (Phi) is 4.94. The molecule has 1 aromatic rings. The van der Waals surface area contributed by atoms with Crippen molar-refractivity contribution in [1.82, 2.24) is 9.88 Å². The Morgan fingerprint density at radius 1 is 1.37 bits per heavy atom. The zero-order chi connectivity index (χ0) is 13.8. The monoisotopic (exact) mass is 261 g/mol. The first kappa shape index (κ1) is 14.5. The van der Waals surface area contributed by atoms with Crippen LogP contribution in [0.15, 0.2) is 24.4 Å². The fourth-order valence-corrected chi connectivity index (χ4v) is 3.18. The zero-order valence-corrected chi connectivity index (χ0v) is 12.4. The molecule has 0 aliphatic heterocycles. The van der Waals surface area contributed by atoms with E-state index in [1.165, 1.54) is 12.8 Å². The fourth-order valence-electron chi connectivity index (χ4n) is 3.18. The van der Waals surface area contributed by atoms with Gasteiger partial charge in [-0.3, -0.25) is 9.88 Å². The predicted octanol–water partition coefficient (Wildman–Crippen LogP) is 2.67. The van der Waals surface area contributed by atoms with E-state index in [1.807, 2.05) is 18.3 Å². The van der Waals surface area contributed by atoms with E-state index in [2.05, 4.69) is 36.8 Å².